The van der Waals surface area contributed by atoms with Crippen molar-refractivity contribution in [2.75, 3.05) is 5.32 Å². The van der Waals surface area contributed by atoms with Gasteiger partial charge in [-0.3, -0.25) is 20.2 Å². The summed E-state index contributed by atoms with van der Waals surface area (Å²) in [5.74, 6) is -0.209. The van der Waals surface area contributed by atoms with E-state index in [1.807, 2.05) is 0 Å². The number of hydrogen-bond donors (Lipinski definition) is 1. The summed E-state index contributed by atoms with van der Waals surface area (Å²) in [6.45, 7) is 4.80. The van der Waals surface area contributed by atoms with Crippen LogP contribution in [0.5, 0.6) is 0 Å². The lowest BCUT2D eigenvalue weighted by molar-refractivity contribution is -0.384. The van der Waals surface area contributed by atoms with Gasteiger partial charge >= 0.3 is 5.97 Å². The molecule has 1 aromatic carbocycles. The van der Waals surface area contributed by atoms with Crippen molar-refractivity contribution in [3.05, 3.63) is 62.9 Å². The molecule has 0 fully saturated rings. The molecule has 0 aliphatic carbocycles. The number of rotatable bonds is 6. The molecule has 150 valence electrons. The predicted molar refractivity (Wildman–Crippen MR) is 106 cm³/mol. The minimum absolute atomic E-state index is 0.0496. The van der Waals surface area contributed by atoms with Gasteiger partial charge in [0.1, 0.15) is 17.1 Å². The number of benzene rings is 1. The minimum atomic E-state index is -1.05. The van der Waals surface area contributed by atoms with Gasteiger partial charge in [0.05, 0.1) is 10.6 Å². The minimum Gasteiger partial charge on any atom is -0.466 e. The maximum absolute atomic E-state index is 12.3. The van der Waals surface area contributed by atoms with Crippen molar-refractivity contribution >= 4 is 34.0 Å². The van der Waals surface area contributed by atoms with Gasteiger partial charge in [-0.05, 0) is 26.8 Å². The van der Waals surface area contributed by atoms with Crippen LogP contribution in [-0.4, -0.2) is 27.9 Å². The Kier molecular flexibility index (Phi) is 5.74. The highest BCUT2D eigenvalue weighted by atomic mass is 32.1. The van der Waals surface area contributed by atoms with Crippen molar-refractivity contribution < 1.29 is 23.7 Å². The molecular weight excluding hydrogens is 398 g/mol. The number of ether oxygens (including phenoxy) is 1. The van der Waals surface area contributed by atoms with Crippen molar-refractivity contribution in [2.45, 2.75) is 26.9 Å². The van der Waals surface area contributed by atoms with Crippen molar-refractivity contribution in [1.29, 1.82) is 0 Å². The average molecular weight is 415 g/mol. The molecule has 0 saturated heterocycles. The van der Waals surface area contributed by atoms with Gasteiger partial charge < -0.3 is 9.15 Å². The summed E-state index contributed by atoms with van der Waals surface area (Å²) in [7, 11) is 0. The van der Waals surface area contributed by atoms with E-state index in [0.29, 0.717) is 22.8 Å². The third kappa shape index (κ3) is 4.66. The average Bonchev–Trinajstić information content (AvgIpc) is 3.27. The number of nitro groups is 1. The van der Waals surface area contributed by atoms with E-state index in [1.165, 1.54) is 19.1 Å². The van der Waals surface area contributed by atoms with Gasteiger partial charge in [-0.25, -0.2) is 9.78 Å². The van der Waals surface area contributed by atoms with Crippen LogP contribution in [0.25, 0.3) is 11.3 Å². The lowest BCUT2D eigenvalue weighted by atomic mass is 10.1. The van der Waals surface area contributed by atoms with Gasteiger partial charge in [-0.1, -0.05) is 12.1 Å². The molecule has 0 aliphatic heterocycles. The van der Waals surface area contributed by atoms with Crippen LogP contribution < -0.4 is 5.32 Å². The van der Waals surface area contributed by atoms with Gasteiger partial charge in [-0.2, -0.15) is 0 Å². The first-order valence-corrected chi connectivity index (χ1v) is 9.42. The van der Waals surface area contributed by atoms with E-state index in [1.54, 1.807) is 37.4 Å². The molecule has 0 saturated carbocycles. The number of anilines is 1. The quantitative estimate of drug-likeness (QED) is 0.365. The van der Waals surface area contributed by atoms with Gasteiger partial charge in [0.2, 0.25) is 0 Å². The zero-order valence-electron chi connectivity index (χ0n) is 15.8. The van der Waals surface area contributed by atoms with Crippen molar-refractivity contribution in [3.8, 4) is 11.3 Å². The molecule has 9 nitrogen and oxygen atoms in total. The summed E-state index contributed by atoms with van der Waals surface area (Å²) in [6, 6.07) is 7.59. The van der Waals surface area contributed by atoms with E-state index in [2.05, 4.69) is 10.3 Å². The molecule has 0 spiro atoms. The van der Waals surface area contributed by atoms with Crippen LogP contribution in [0, 0.1) is 24.0 Å². The molecule has 0 aliphatic rings. The van der Waals surface area contributed by atoms with Gasteiger partial charge in [0.25, 0.3) is 11.6 Å². The summed E-state index contributed by atoms with van der Waals surface area (Å²) in [6.07, 6.45) is -1.05. The molecule has 0 unspecified atom stereocenters. The predicted octanol–water partition coefficient (Wildman–Crippen LogP) is 4.11. The number of nitrogens with one attached hydrogen (secondary N) is 1. The molecule has 0 bridgehead atoms. The molecule has 2 heterocycles. The Morgan fingerprint density at radius 2 is 2.07 bits per heavy atom. The van der Waals surface area contributed by atoms with Gasteiger partial charge in [0.15, 0.2) is 11.2 Å². The highest BCUT2D eigenvalue weighted by Gasteiger charge is 2.23. The Bertz CT molecular complexity index is 1090. The van der Waals surface area contributed by atoms with E-state index < -0.39 is 22.9 Å². The number of hydrogen-bond acceptors (Lipinski definition) is 8. The fourth-order valence-electron chi connectivity index (χ4n) is 2.56. The number of nitro benzene ring substituents is 1. The number of nitrogens with zero attached hydrogens (tertiary/aromatic N) is 2. The summed E-state index contributed by atoms with van der Waals surface area (Å²) in [5.41, 5.74) is 1.26. The van der Waals surface area contributed by atoms with Crippen LogP contribution in [0.15, 0.2) is 40.1 Å². The van der Waals surface area contributed by atoms with Crippen LogP contribution in [0.4, 0.5) is 10.8 Å². The number of aromatic nitrogens is 1. The third-order valence-corrected chi connectivity index (χ3v) is 4.76. The highest BCUT2D eigenvalue weighted by molar-refractivity contribution is 7.14. The first-order valence-electron chi connectivity index (χ1n) is 8.54. The normalized spacial score (nSPS) is 11.7. The van der Waals surface area contributed by atoms with E-state index in [-0.39, 0.29) is 16.4 Å². The molecule has 0 radical (unpaired) electrons. The molecule has 2 aromatic heterocycles. The lowest BCUT2D eigenvalue weighted by Crippen LogP contribution is -2.30. The van der Waals surface area contributed by atoms with Crippen LogP contribution in [0.3, 0.4) is 0 Å². The Morgan fingerprint density at radius 1 is 1.31 bits per heavy atom. The Labute approximate surface area is 169 Å². The number of carbonyl (C=O) groups excluding carboxylic acids is 2. The topological polar surface area (TPSA) is 125 Å². The first kappa shape index (κ1) is 20.2. The molecule has 10 heteroatoms. The van der Waals surface area contributed by atoms with Crippen LogP contribution in [-0.2, 0) is 9.53 Å². The fraction of sp³-hybridized carbons (Fsp3) is 0.211. The molecule has 3 aromatic rings. The number of non-ortho nitro benzene ring substituents is 1. The lowest BCUT2D eigenvalue weighted by Gasteiger charge is -2.11. The summed E-state index contributed by atoms with van der Waals surface area (Å²) >= 11 is 1.16. The number of thiazole rings is 1. The van der Waals surface area contributed by atoms with Crippen molar-refractivity contribution in [2.24, 2.45) is 0 Å². The highest BCUT2D eigenvalue weighted by Crippen LogP contribution is 2.27. The molecular formula is C19H17N3O6S. The van der Waals surface area contributed by atoms with Crippen molar-refractivity contribution in [1.82, 2.24) is 4.98 Å². The zero-order valence-corrected chi connectivity index (χ0v) is 16.6. The second kappa shape index (κ2) is 8.23. The first-order chi connectivity index (χ1) is 13.7. The SMILES string of the molecule is Cc1cc(C(=O)O[C@@H](C)C(=O)Nc2nc(-c3cccc([N+](=O)[O-])c3)cs2)c(C)o1. The number of esters is 1. The van der Waals surface area contributed by atoms with Crippen molar-refractivity contribution in [3.63, 3.8) is 0 Å². The molecule has 3 rings (SSSR count). The monoisotopic (exact) mass is 415 g/mol. The van der Waals surface area contributed by atoms with Crippen LogP contribution in [0.1, 0.15) is 28.8 Å². The largest absolute Gasteiger partial charge is 0.466 e. The second-order valence-corrected chi connectivity index (χ2v) is 7.07. The zero-order chi connectivity index (χ0) is 21.1. The maximum Gasteiger partial charge on any atom is 0.342 e. The van der Waals surface area contributed by atoms with Crippen LogP contribution in [0.2, 0.25) is 0 Å². The second-order valence-electron chi connectivity index (χ2n) is 6.21. The third-order valence-electron chi connectivity index (χ3n) is 4.00. The van der Waals surface area contributed by atoms with E-state index in [0.717, 1.165) is 11.3 Å². The molecule has 1 N–H and O–H groups in total. The summed E-state index contributed by atoms with van der Waals surface area (Å²) in [4.78, 5) is 39.2. The Morgan fingerprint density at radius 3 is 2.72 bits per heavy atom. The Hall–Kier alpha value is -3.53. The summed E-state index contributed by atoms with van der Waals surface area (Å²) in [5, 5.41) is 15.4. The number of aryl methyl sites for hydroxylation is 2. The maximum atomic E-state index is 12.3. The van der Waals surface area contributed by atoms with E-state index >= 15 is 0 Å². The van der Waals surface area contributed by atoms with E-state index in [9.17, 15) is 19.7 Å². The Balaban J connectivity index is 1.65. The summed E-state index contributed by atoms with van der Waals surface area (Å²) < 4.78 is 10.5. The smallest absolute Gasteiger partial charge is 0.342 e. The number of carbonyl (C=O) groups is 2. The molecule has 29 heavy (non-hydrogen) atoms. The number of furan rings is 1. The van der Waals surface area contributed by atoms with Gasteiger partial charge in [0, 0.05) is 23.1 Å². The fourth-order valence-corrected chi connectivity index (χ4v) is 3.28. The number of amides is 1. The standard InChI is InChI=1S/C19H17N3O6S/c1-10-7-15(11(2)27-10)18(24)28-12(3)17(23)21-19-20-16(9-29-19)13-5-4-6-14(8-13)22(25)26/h4-9,12H,1-3H3,(H,20,21,23)/t12-/m0/s1. The van der Waals surface area contributed by atoms with Crippen LogP contribution >= 0.6 is 11.3 Å². The van der Waals surface area contributed by atoms with E-state index in [4.69, 9.17) is 9.15 Å². The molecule has 1 atom stereocenters. The molecule has 1 amide bonds. The van der Waals surface area contributed by atoms with Gasteiger partial charge in [-0.15, -0.1) is 11.3 Å².